The summed E-state index contributed by atoms with van der Waals surface area (Å²) in [7, 11) is 0. The number of benzene rings is 2. The fourth-order valence-corrected chi connectivity index (χ4v) is 4.69. The molecule has 0 bridgehead atoms. The Bertz CT molecular complexity index is 652. The van der Waals surface area contributed by atoms with E-state index in [4.69, 9.17) is 4.74 Å². The van der Waals surface area contributed by atoms with Crippen LogP contribution in [0, 0.1) is 5.92 Å². The zero-order valence-electron chi connectivity index (χ0n) is 14.4. The van der Waals surface area contributed by atoms with Crippen LogP contribution in [0.2, 0.25) is 0 Å². The Labute approximate surface area is 145 Å². The Morgan fingerprint density at radius 2 is 1.62 bits per heavy atom. The second-order valence-electron chi connectivity index (χ2n) is 7.44. The Morgan fingerprint density at radius 1 is 0.833 bits per heavy atom. The molecule has 1 unspecified atom stereocenters. The van der Waals surface area contributed by atoms with Crippen molar-refractivity contribution in [1.29, 1.82) is 0 Å². The van der Waals surface area contributed by atoms with E-state index >= 15 is 0 Å². The SMILES string of the molecule is c1ccc(Oc2cccc(C[NH+]3CCC[C@@H]4CCCC[C@@H]43)c2)cc1. The molecule has 2 aromatic carbocycles. The van der Waals surface area contributed by atoms with Crippen LogP contribution in [0.25, 0.3) is 0 Å². The van der Waals surface area contributed by atoms with Crippen molar-refractivity contribution in [1.82, 2.24) is 0 Å². The van der Waals surface area contributed by atoms with Gasteiger partial charge in [0, 0.05) is 11.5 Å². The Kier molecular flexibility index (Phi) is 4.84. The fraction of sp³-hybridized carbons (Fsp3) is 0.455. The molecule has 0 amide bonds. The van der Waals surface area contributed by atoms with E-state index in [-0.39, 0.29) is 0 Å². The van der Waals surface area contributed by atoms with Gasteiger partial charge in [0.2, 0.25) is 0 Å². The summed E-state index contributed by atoms with van der Waals surface area (Å²) in [5.41, 5.74) is 1.41. The van der Waals surface area contributed by atoms with Gasteiger partial charge in [-0.15, -0.1) is 0 Å². The third-order valence-electron chi connectivity index (χ3n) is 5.81. The molecular formula is C22H28NO+. The summed E-state index contributed by atoms with van der Waals surface area (Å²) in [5.74, 6) is 2.84. The first-order valence-corrected chi connectivity index (χ1v) is 9.55. The third-order valence-corrected chi connectivity index (χ3v) is 5.81. The van der Waals surface area contributed by atoms with Gasteiger partial charge in [-0.2, -0.15) is 0 Å². The van der Waals surface area contributed by atoms with Crippen molar-refractivity contribution in [3.05, 3.63) is 60.2 Å². The second-order valence-corrected chi connectivity index (χ2v) is 7.44. The molecule has 0 radical (unpaired) electrons. The van der Waals surface area contributed by atoms with Crippen LogP contribution < -0.4 is 9.64 Å². The fourth-order valence-electron chi connectivity index (χ4n) is 4.69. The van der Waals surface area contributed by atoms with Crippen molar-refractivity contribution in [3.63, 3.8) is 0 Å². The Hall–Kier alpha value is -1.80. The van der Waals surface area contributed by atoms with E-state index < -0.39 is 0 Å². The summed E-state index contributed by atoms with van der Waals surface area (Å²) in [6, 6.07) is 19.6. The monoisotopic (exact) mass is 322 g/mol. The van der Waals surface area contributed by atoms with Gasteiger partial charge < -0.3 is 9.64 Å². The second kappa shape index (κ2) is 7.40. The van der Waals surface area contributed by atoms with Crippen molar-refractivity contribution in [2.75, 3.05) is 6.54 Å². The van der Waals surface area contributed by atoms with Gasteiger partial charge >= 0.3 is 0 Å². The van der Waals surface area contributed by atoms with Crippen molar-refractivity contribution in [2.24, 2.45) is 5.92 Å². The van der Waals surface area contributed by atoms with Crippen LogP contribution in [-0.4, -0.2) is 12.6 Å². The molecular weight excluding hydrogens is 294 g/mol. The molecule has 1 aliphatic carbocycles. The van der Waals surface area contributed by atoms with Gasteiger partial charge in [-0.05, 0) is 56.4 Å². The third kappa shape index (κ3) is 3.64. The highest BCUT2D eigenvalue weighted by molar-refractivity contribution is 5.33. The quantitative estimate of drug-likeness (QED) is 0.890. The maximum atomic E-state index is 6.01. The molecule has 1 saturated carbocycles. The maximum absolute atomic E-state index is 6.01. The van der Waals surface area contributed by atoms with Crippen LogP contribution in [-0.2, 0) is 6.54 Å². The summed E-state index contributed by atoms with van der Waals surface area (Å²) in [5, 5.41) is 0. The zero-order chi connectivity index (χ0) is 16.2. The lowest BCUT2D eigenvalue weighted by Crippen LogP contribution is -3.16. The van der Waals surface area contributed by atoms with Gasteiger partial charge in [0.05, 0.1) is 12.6 Å². The van der Waals surface area contributed by atoms with E-state index in [9.17, 15) is 0 Å². The largest absolute Gasteiger partial charge is 0.457 e. The van der Waals surface area contributed by atoms with E-state index in [1.807, 2.05) is 35.2 Å². The zero-order valence-corrected chi connectivity index (χ0v) is 14.4. The molecule has 1 saturated heterocycles. The first-order valence-electron chi connectivity index (χ1n) is 9.55. The minimum atomic E-state index is 0.895. The number of hydrogen-bond donors (Lipinski definition) is 1. The highest BCUT2D eigenvalue weighted by Crippen LogP contribution is 2.29. The summed E-state index contributed by atoms with van der Waals surface area (Å²) < 4.78 is 6.01. The van der Waals surface area contributed by atoms with Crippen LogP contribution in [0.1, 0.15) is 44.1 Å². The first kappa shape index (κ1) is 15.7. The smallest absolute Gasteiger partial charge is 0.127 e. The predicted octanol–water partition coefficient (Wildman–Crippen LogP) is 4.22. The number of nitrogens with one attached hydrogen (secondary N) is 1. The molecule has 0 aromatic heterocycles. The van der Waals surface area contributed by atoms with Gasteiger partial charge in [0.25, 0.3) is 0 Å². The highest BCUT2D eigenvalue weighted by atomic mass is 16.5. The average Bonchev–Trinajstić information content (AvgIpc) is 2.63. The molecule has 2 heteroatoms. The van der Waals surface area contributed by atoms with E-state index in [0.29, 0.717) is 0 Å². The van der Waals surface area contributed by atoms with E-state index in [1.54, 1.807) is 0 Å². The van der Waals surface area contributed by atoms with E-state index in [1.165, 1.54) is 50.6 Å². The highest BCUT2D eigenvalue weighted by Gasteiger charge is 2.36. The lowest BCUT2D eigenvalue weighted by atomic mass is 9.78. The molecule has 126 valence electrons. The standard InChI is InChI=1S/C22H27NO/c1-2-11-20(12-3-1)24-21-13-6-8-18(16-21)17-23-15-7-10-19-9-4-5-14-22(19)23/h1-3,6,8,11-13,16,19,22H,4-5,7,9-10,14-15,17H2/p+1/t19-,22-/m0/s1. The van der Waals surface area contributed by atoms with Crippen LogP contribution in [0.5, 0.6) is 11.5 Å². The van der Waals surface area contributed by atoms with Crippen LogP contribution in [0.4, 0.5) is 0 Å². The van der Waals surface area contributed by atoms with Gasteiger partial charge in [-0.3, -0.25) is 0 Å². The topological polar surface area (TPSA) is 13.7 Å². The molecule has 0 spiro atoms. The summed E-state index contributed by atoms with van der Waals surface area (Å²) in [6.07, 6.45) is 8.64. The molecule has 2 nitrogen and oxygen atoms in total. The van der Waals surface area contributed by atoms with Gasteiger partial charge in [0.15, 0.2) is 0 Å². The van der Waals surface area contributed by atoms with Crippen LogP contribution in [0.3, 0.4) is 0 Å². The molecule has 3 atom stereocenters. The molecule has 2 fully saturated rings. The number of ether oxygens (including phenoxy) is 1. The van der Waals surface area contributed by atoms with Gasteiger partial charge in [-0.25, -0.2) is 0 Å². The summed E-state index contributed by atoms with van der Waals surface area (Å²) >= 11 is 0. The van der Waals surface area contributed by atoms with Crippen molar-refractivity contribution in [3.8, 4) is 11.5 Å². The normalized spacial score (nSPS) is 26.6. The number of likely N-dealkylation sites (tertiary alicyclic amines) is 1. The van der Waals surface area contributed by atoms with Gasteiger partial charge in [0.1, 0.15) is 18.0 Å². The van der Waals surface area contributed by atoms with Crippen LogP contribution >= 0.6 is 0 Å². The average molecular weight is 322 g/mol. The number of rotatable bonds is 4. The van der Waals surface area contributed by atoms with Gasteiger partial charge in [-0.1, -0.05) is 36.8 Å². The number of fused-ring (bicyclic) bond motifs is 1. The first-order chi connectivity index (χ1) is 11.9. The summed E-state index contributed by atoms with van der Waals surface area (Å²) in [6.45, 7) is 2.48. The molecule has 2 aromatic rings. The molecule has 1 aliphatic heterocycles. The minimum absolute atomic E-state index is 0.895. The molecule has 1 heterocycles. The number of piperidine rings is 1. The lowest BCUT2D eigenvalue weighted by molar-refractivity contribution is -0.949. The molecule has 24 heavy (non-hydrogen) atoms. The van der Waals surface area contributed by atoms with Crippen LogP contribution in [0.15, 0.2) is 54.6 Å². The number of quaternary nitrogens is 1. The maximum Gasteiger partial charge on any atom is 0.127 e. The lowest BCUT2D eigenvalue weighted by Gasteiger charge is -2.41. The van der Waals surface area contributed by atoms with Crippen molar-refractivity contribution in [2.45, 2.75) is 51.1 Å². The summed E-state index contributed by atoms with van der Waals surface area (Å²) in [4.78, 5) is 1.81. The van der Waals surface area contributed by atoms with Crippen molar-refractivity contribution < 1.29 is 9.64 Å². The van der Waals surface area contributed by atoms with E-state index in [2.05, 4.69) is 24.3 Å². The predicted molar refractivity (Wildman–Crippen MR) is 97.5 cm³/mol. The van der Waals surface area contributed by atoms with Crippen molar-refractivity contribution >= 4 is 0 Å². The Morgan fingerprint density at radius 3 is 2.54 bits per heavy atom. The Balaban J connectivity index is 1.45. The minimum Gasteiger partial charge on any atom is -0.457 e. The number of hydrogen-bond acceptors (Lipinski definition) is 1. The van der Waals surface area contributed by atoms with E-state index in [0.717, 1.165) is 30.0 Å². The molecule has 1 N–H and O–H groups in total. The number of para-hydroxylation sites is 1. The molecule has 4 rings (SSSR count). The molecule has 2 aliphatic rings.